The average Bonchev–Trinajstić information content (AvgIpc) is 3.54. The highest BCUT2D eigenvalue weighted by Gasteiger charge is 2.32. The number of aryl methyl sites for hydroxylation is 2. The summed E-state index contributed by atoms with van der Waals surface area (Å²) < 4.78 is 3.17. The molecule has 5 heterocycles. The van der Waals surface area contributed by atoms with Gasteiger partial charge in [0.05, 0.1) is 23.1 Å². The first-order chi connectivity index (χ1) is 31.1. The van der Waals surface area contributed by atoms with Gasteiger partial charge >= 0.3 is 5.69 Å². The summed E-state index contributed by atoms with van der Waals surface area (Å²) in [5, 5.41) is 14.7. The summed E-state index contributed by atoms with van der Waals surface area (Å²) >= 11 is 0. The van der Waals surface area contributed by atoms with E-state index in [0.717, 1.165) is 127 Å². The number of anilines is 2. The first-order valence-corrected chi connectivity index (χ1v) is 23.5. The molecule has 64 heavy (non-hydrogen) atoms. The Balaban J connectivity index is 0.719. The second-order valence-corrected chi connectivity index (χ2v) is 18.6. The number of rotatable bonds is 12. The monoisotopic (exact) mass is 862 g/mol. The Morgan fingerprint density at radius 3 is 2.39 bits per heavy atom. The third-order valence-electron chi connectivity index (χ3n) is 14.3. The van der Waals surface area contributed by atoms with E-state index in [4.69, 9.17) is 0 Å². The summed E-state index contributed by atoms with van der Waals surface area (Å²) in [5.41, 5.74) is 7.17. The van der Waals surface area contributed by atoms with Gasteiger partial charge in [0.2, 0.25) is 11.8 Å². The van der Waals surface area contributed by atoms with E-state index in [-0.39, 0.29) is 30.0 Å². The van der Waals surface area contributed by atoms with Crippen LogP contribution >= 0.6 is 0 Å². The molecule has 3 amide bonds. The van der Waals surface area contributed by atoms with Crippen LogP contribution in [0.25, 0.3) is 21.8 Å². The lowest BCUT2D eigenvalue weighted by Crippen LogP contribution is -2.51. The van der Waals surface area contributed by atoms with Crippen molar-refractivity contribution in [3.8, 4) is 11.8 Å². The van der Waals surface area contributed by atoms with Crippen molar-refractivity contribution in [2.24, 2.45) is 18.9 Å². The summed E-state index contributed by atoms with van der Waals surface area (Å²) in [6, 6.07) is 24.4. The van der Waals surface area contributed by atoms with Crippen molar-refractivity contribution >= 4 is 50.9 Å². The van der Waals surface area contributed by atoms with Crippen LogP contribution < -0.4 is 31.9 Å². The minimum Gasteiger partial charge on any atom is -0.380 e. The fraction of sp³-hybridized carbons (Fsp3) is 0.462. The summed E-state index contributed by atoms with van der Waals surface area (Å²) in [6.45, 7) is 11.3. The molecular formula is C52H62N8O4. The van der Waals surface area contributed by atoms with Crippen molar-refractivity contribution < 1.29 is 14.4 Å². The Hall–Kier alpha value is -5.90. The van der Waals surface area contributed by atoms with Crippen LogP contribution in [0.5, 0.6) is 0 Å². The molecule has 4 aliphatic heterocycles. The standard InChI is InChI=1S/C52H62N8O4/c1-34-11-15-39(55-40-32-53-33-40)30-45(34)50(62)54-35(2)42-17-14-38(43-9-4-5-10-44(42)43)13-12-37-21-26-58(27-22-37)25-7-6-8-36-23-28-59(29-24-36)41-16-18-46-48(31-41)57(3)52(64)60(46)47-19-20-49(61)56-51(47)63/h4-5,9-11,14-18,30-31,35-37,40,47,53,55H,6-8,19-29,32-33H2,1-3H3,(H,54,62)(H,56,61,63)/t35-,47?/m1/s1. The number of carbonyl (C=O) groups is 3. The van der Waals surface area contributed by atoms with E-state index < -0.39 is 11.9 Å². The first kappa shape index (κ1) is 43.4. The molecule has 0 saturated carbocycles. The highest BCUT2D eigenvalue weighted by atomic mass is 16.2. The number of carbonyl (C=O) groups excluding carboxylic acids is 3. The average molecular weight is 863 g/mol. The van der Waals surface area contributed by atoms with E-state index in [1.165, 1.54) is 19.3 Å². The van der Waals surface area contributed by atoms with Gasteiger partial charge in [0, 0.05) is 68.1 Å². The Labute approximate surface area is 376 Å². The lowest BCUT2D eigenvalue weighted by atomic mass is 9.91. The molecule has 0 aliphatic carbocycles. The second kappa shape index (κ2) is 19.1. The summed E-state index contributed by atoms with van der Waals surface area (Å²) in [5.74, 6) is 7.57. The van der Waals surface area contributed by atoms with Gasteiger partial charge in [-0.05, 0) is 136 Å². The topological polar surface area (TPSA) is 133 Å². The molecule has 12 heteroatoms. The second-order valence-electron chi connectivity index (χ2n) is 18.6. The number of benzene rings is 4. The number of hydrogen-bond donors (Lipinski definition) is 4. The zero-order valence-corrected chi connectivity index (χ0v) is 37.6. The number of unbranched alkanes of at least 4 members (excludes halogenated alkanes) is 1. The van der Waals surface area contributed by atoms with Gasteiger partial charge in [0.25, 0.3) is 5.91 Å². The number of aromatic nitrogens is 2. The van der Waals surface area contributed by atoms with Crippen LogP contribution in [-0.4, -0.2) is 83.6 Å². The van der Waals surface area contributed by atoms with E-state index in [2.05, 4.69) is 98.4 Å². The normalized spacial score (nSPS) is 19.5. The Morgan fingerprint density at radius 1 is 0.859 bits per heavy atom. The number of nitrogens with one attached hydrogen (secondary N) is 4. The van der Waals surface area contributed by atoms with Crippen molar-refractivity contribution in [2.75, 3.05) is 56.0 Å². The Morgan fingerprint density at radius 2 is 1.64 bits per heavy atom. The Bertz CT molecular complexity index is 2670. The largest absolute Gasteiger partial charge is 0.380 e. The Kier molecular flexibility index (Phi) is 12.9. The van der Waals surface area contributed by atoms with Crippen LogP contribution in [0.15, 0.2) is 77.6 Å². The number of piperidine rings is 3. The predicted octanol–water partition coefficient (Wildman–Crippen LogP) is 6.80. The molecule has 4 aliphatic rings. The maximum Gasteiger partial charge on any atom is 0.329 e. The molecule has 4 N–H and O–H groups in total. The quantitative estimate of drug-likeness (QED) is 0.0612. The summed E-state index contributed by atoms with van der Waals surface area (Å²) in [4.78, 5) is 56.2. The summed E-state index contributed by atoms with van der Waals surface area (Å²) in [7, 11) is 1.75. The number of imide groups is 1. The van der Waals surface area contributed by atoms with Crippen molar-refractivity contribution in [1.82, 2.24) is 30.0 Å². The minimum atomic E-state index is -0.671. The third kappa shape index (κ3) is 9.33. The fourth-order valence-electron chi connectivity index (χ4n) is 10.3. The van der Waals surface area contributed by atoms with Crippen LogP contribution in [0.2, 0.25) is 0 Å². The van der Waals surface area contributed by atoms with E-state index in [0.29, 0.717) is 23.9 Å². The maximum atomic E-state index is 13.6. The highest BCUT2D eigenvalue weighted by Crippen LogP contribution is 2.32. The number of likely N-dealkylation sites (tertiary alicyclic amines) is 1. The predicted molar refractivity (Wildman–Crippen MR) is 255 cm³/mol. The number of fused-ring (bicyclic) bond motifs is 2. The van der Waals surface area contributed by atoms with E-state index >= 15 is 0 Å². The zero-order valence-electron chi connectivity index (χ0n) is 37.6. The highest BCUT2D eigenvalue weighted by molar-refractivity contribution is 6.00. The number of nitrogens with zero attached hydrogens (tertiary/aromatic N) is 4. The molecule has 0 radical (unpaired) electrons. The molecule has 4 aromatic carbocycles. The lowest BCUT2D eigenvalue weighted by Gasteiger charge is -2.34. The van der Waals surface area contributed by atoms with E-state index in [1.807, 2.05) is 31.2 Å². The molecule has 334 valence electrons. The van der Waals surface area contributed by atoms with E-state index in [9.17, 15) is 19.2 Å². The van der Waals surface area contributed by atoms with Crippen LogP contribution in [-0.2, 0) is 16.6 Å². The molecule has 9 rings (SSSR count). The van der Waals surface area contributed by atoms with Crippen LogP contribution in [0.3, 0.4) is 0 Å². The van der Waals surface area contributed by atoms with Gasteiger partial charge in [-0.3, -0.25) is 28.8 Å². The molecule has 5 aromatic rings. The number of hydrogen-bond acceptors (Lipinski definition) is 8. The molecule has 1 aromatic heterocycles. The van der Waals surface area contributed by atoms with E-state index in [1.54, 1.807) is 16.2 Å². The lowest BCUT2D eigenvalue weighted by molar-refractivity contribution is -0.135. The molecule has 12 nitrogen and oxygen atoms in total. The van der Waals surface area contributed by atoms with Crippen LogP contribution in [0, 0.1) is 30.6 Å². The third-order valence-corrected chi connectivity index (χ3v) is 14.3. The van der Waals surface area contributed by atoms with Gasteiger partial charge in [-0.1, -0.05) is 61.1 Å². The fourth-order valence-corrected chi connectivity index (χ4v) is 10.3. The molecule has 1 unspecified atom stereocenters. The van der Waals surface area contributed by atoms with Gasteiger partial charge in [-0.15, -0.1) is 0 Å². The van der Waals surface area contributed by atoms with Crippen LogP contribution in [0.1, 0.15) is 104 Å². The van der Waals surface area contributed by atoms with Crippen LogP contribution in [0.4, 0.5) is 11.4 Å². The smallest absolute Gasteiger partial charge is 0.329 e. The molecular weight excluding hydrogens is 801 g/mol. The van der Waals surface area contributed by atoms with Crippen molar-refractivity contribution in [1.29, 1.82) is 0 Å². The van der Waals surface area contributed by atoms with Gasteiger partial charge in [-0.25, -0.2) is 4.79 Å². The molecule has 0 spiro atoms. The number of imidazole rings is 1. The van der Waals surface area contributed by atoms with Gasteiger partial charge in [-0.2, -0.15) is 0 Å². The first-order valence-electron chi connectivity index (χ1n) is 23.5. The minimum absolute atomic E-state index is 0.0665. The van der Waals surface area contributed by atoms with Crippen molar-refractivity contribution in [3.63, 3.8) is 0 Å². The van der Waals surface area contributed by atoms with Gasteiger partial charge < -0.3 is 25.8 Å². The summed E-state index contributed by atoms with van der Waals surface area (Å²) in [6.07, 6.45) is 8.83. The number of amides is 3. The van der Waals surface area contributed by atoms with Crippen molar-refractivity contribution in [2.45, 2.75) is 89.8 Å². The zero-order chi connectivity index (χ0) is 44.3. The SMILES string of the molecule is Cc1ccc(NC2CNC2)cc1C(=O)N[C@H](C)c1ccc(C#CC2CCN(CCCCC3CCN(c4ccc5c(c4)n(C)c(=O)n5C4CCC(=O)NC4=O)CC3)CC2)c2ccccc12. The van der Waals surface area contributed by atoms with Crippen molar-refractivity contribution in [3.05, 3.63) is 106 Å². The molecule has 4 saturated heterocycles. The maximum absolute atomic E-state index is 13.6. The van der Waals surface area contributed by atoms with Gasteiger partial charge in [0.1, 0.15) is 6.04 Å². The molecule has 2 atom stereocenters. The molecule has 4 fully saturated rings. The molecule has 0 bridgehead atoms. The van der Waals surface area contributed by atoms with Gasteiger partial charge in [0.15, 0.2) is 0 Å².